The Hall–Kier alpha value is -3.02. The quantitative estimate of drug-likeness (QED) is 0.733. The number of ether oxygens (including phenoxy) is 2. The first-order valence-electron chi connectivity index (χ1n) is 10.2. The van der Waals surface area contributed by atoms with E-state index in [1.54, 1.807) is 31.1 Å². The van der Waals surface area contributed by atoms with Crippen molar-refractivity contribution in [3.05, 3.63) is 59.2 Å². The molecule has 1 saturated heterocycles. The Kier molecular flexibility index (Phi) is 6.65. The zero-order chi connectivity index (χ0) is 21.8. The minimum Gasteiger partial charge on any atom is -0.497 e. The lowest BCUT2D eigenvalue weighted by atomic mass is 9.87. The minimum absolute atomic E-state index is 0.0339. The summed E-state index contributed by atoms with van der Waals surface area (Å²) in [5.74, 6) is 0.853. The van der Waals surface area contributed by atoms with Crippen molar-refractivity contribution in [1.82, 2.24) is 9.80 Å². The van der Waals surface area contributed by atoms with Gasteiger partial charge in [0.05, 0.1) is 20.1 Å². The van der Waals surface area contributed by atoms with Crippen molar-refractivity contribution in [1.29, 1.82) is 0 Å². The van der Waals surface area contributed by atoms with Crippen LogP contribution in [0.1, 0.15) is 34.3 Å². The van der Waals surface area contributed by atoms with E-state index in [1.807, 2.05) is 56.3 Å². The van der Waals surface area contributed by atoms with Gasteiger partial charge >= 0.3 is 0 Å². The third-order valence-electron chi connectivity index (χ3n) is 5.91. The number of carbonyl (C=O) groups excluding carboxylic acids is 2. The fourth-order valence-electron chi connectivity index (χ4n) is 3.98. The molecule has 2 aromatic carbocycles. The molecule has 1 aliphatic rings. The number of nitrogens with zero attached hydrogens (tertiary/aromatic N) is 2. The Morgan fingerprint density at radius 3 is 2.37 bits per heavy atom. The fourth-order valence-corrected chi connectivity index (χ4v) is 3.98. The molecule has 0 saturated carbocycles. The van der Waals surface area contributed by atoms with Crippen LogP contribution in [-0.2, 0) is 4.79 Å². The van der Waals surface area contributed by atoms with Crippen molar-refractivity contribution in [3.8, 4) is 11.5 Å². The lowest BCUT2D eigenvalue weighted by Crippen LogP contribution is -2.37. The molecule has 0 aliphatic carbocycles. The van der Waals surface area contributed by atoms with Crippen LogP contribution in [0.2, 0.25) is 0 Å². The van der Waals surface area contributed by atoms with Crippen molar-refractivity contribution in [3.63, 3.8) is 0 Å². The molecule has 6 heteroatoms. The summed E-state index contributed by atoms with van der Waals surface area (Å²) in [5.41, 5.74) is 2.62. The highest BCUT2D eigenvalue weighted by molar-refractivity contribution is 5.95. The number of rotatable bonds is 6. The molecule has 0 spiro atoms. The molecule has 2 aromatic rings. The second-order valence-corrected chi connectivity index (χ2v) is 7.75. The second kappa shape index (κ2) is 9.20. The fraction of sp³-hybridized carbons (Fsp3) is 0.417. The van der Waals surface area contributed by atoms with Crippen molar-refractivity contribution in [2.24, 2.45) is 5.92 Å². The van der Waals surface area contributed by atoms with Crippen molar-refractivity contribution < 1.29 is 19.1 Å². The lowest BCUT2D eigenvalue weighted by Gasteiger charge is -2.24. The Bertz CT molecular complexity index is 910. The molecule has 160 valence electrons. The first kappa shape index (κ1) is 21.7. The van der Waals surface area contributed by atoms with Gasteiger partial charge in [0.15, 0.2) is 0 Å². The average Bonchev–Trinajstić information content (AvgIpc) is 3.22. The van der Waals surface area contributed by atoms with E-state index >= 15 is 0 Å². The summed E-state index contributed by atoms with van der Waals surface area (Å²) < 4.78 is 11.0. The van der Waals surface area contributed by atoms with Crippen LogP contribution < -0.4 is 9.47 Å². The van der Waals surface area contributed by atoms with Crippen LogP contribution in [0.4, 0.5) is 0 Å². The minimum atomic E-state index is -0.342. The first-order chi connectivity index (χ1) is 14.4. The summed E-state index contributed by atoms with van der Waals surface area (Å²) in [7, 11) is 5.03. The van der Waals surface area contributed by atoms with Gasteiger partial charge < -0.3 is 19.3 Å². The average molecular weight is 411 g/mol. The van der Waals surface area contributed by atoms with Gasteiger partial charge in [0, 0.05) is 43.7 Å². The highest BCUT2D eigenvalue weighted by Crippen LogP contribution is 2.40. The lowest BCUT2D eigenvalue weighted by molar-refractivity contribution is -0.133. The third kappa shape index (κ3) is 4.27. The first-order valence-corrected chi connectivity index (χ1v) is 10.2. The number of likely N-dealkylation sites (tertiary alicyclic amines) is 1. The molecule has 30 heavy (non-hydrogen) atoms. The van der Waals surface area contributed by atoms with E-state index in [4.69, 9.17) is 9.47 Å². The zero-order valence-electron chi connectivity index (χ0n) is 18.3. The van der Waals surface area contributed by atoms with E-state index in [1.165, 1.54) is 0 Å². The smallest absolute Gasteiger partial charge is 0.253 e. The maximum absolute atomic E-state index is 13.2. The van der Waals surface area contributed by atoms with Gasteiger partial charge in [-0.2, -0.15) is 0 Å². The summed E-state index contributed by atoms with van der Waals surface area (Å²) in [6, 6.07) is 13.1. The molecule has 6 nitrogen and oxygen atoms in total. The van der Waals surface area contributed by atoms with Crippen molar-refractivity contribution in [2.75, 3.05) is 40.9 Å². The van der Waals surface area contributed by atoms with Crippen LogP contribution in [0.15, 0.2) is 42.5 Å². The molecule has 1 aliphatic heterocycles. The maximum Gasteiger partial charge on any atom is 0.253 e. The van der Waals surface area contributed by atoms with Crippen LogP contribution in [0.5, 0.6) is 11.5 Å². The van der Waals surface area contributed by atoms with Crippen LogP contribution in [-0.4, -0.2) is 62.5 Å². The second-order valence-electron chi connectivity index (χ2n) is 7.75. The molecular weight excluding hydrogens is 380 g/mol. The summed E-state index contributed by atoms with van der Waals surface area (Å²) in [4.78, 5) is 29.8. The van der Waals surface area contributed by atoms with Gasteiger partial charge in [0.25, 0.3) is 5.91 Å². The monoisotopic (exact) mass is 410 g/mol. The molecule has 1 heterocycles. The van der Waals surface area contributed by atoms with Crippen molar-refractivity contribution >= 4 is 11.8 Å². The van der Waals surface area contributed by atoms with Gasteiger partial charge in [0.1, 0.15) is 11.5 Å². The Labute approximate surface area is 178 Å². The molecule has 1 fully saturated rings. The molecule has 3 rings (SSSR count). The molecular formula is C24H30N2O4. The number of amides is 2. The molecule has 0 N–H and O–H groups in total. The number of hydrogen-bond donors (Lipinski definition) is 0. The number of hydrogen-bond acceptors (Lipinski definition) is 4. The largest absolute Gasteiger partial charge is 0.497 e. The maximum atomic E-state index is 13.2. The van der Waals surface area contributed by atoms with E-state index in [0.29, 0.717) is 36.7 Å². The third-order valence-corrected chi connectivity index (χ3v) is 5.91. The number of methoxy groups -OCH3 is 2. The summed E-state index contributed by atoms with van der Waals surface area (Å²) in [6.45, 7) is 5.38. The standard InChI is InChI=1S/C24H30N2O4/c1-6-25(3)24(28)21-15-26(23(27)17-9-7-16(2)8-10-17)14-20(21)19-13-18(29-4)11-12-22(19)30-5/h7-13,20-21H,6,14-15H2,1-5H3. The Morgan fingerprint density at radius 1 is 1.07 bits per heavy atom. The van der Waals surface area contributed by atoms with E-state index < -0.39 is 0 Å². The molecule has 2 amide bonds. The van der Waals surface area contributed by atoms with Gasteiger partial charge in [-0.05, 0) is 44.2 Å². The number of aryl methyl sites for hydroxylation is 1. The SMILES string of the molecule is CCN(C)C(=O)C1CN(C(=O)c2ccc(C)cc2)CC1c1cc(OC)ccc1OC. The number of carbonyl (C=O) groups is 2. The molecule has 0 bridgehead atoms. The summed E-state index contributed by atoms with van der Waals surface area (Å²) in [5, 5.41) is 0. The van der Waals surface area contributed by atoms with Gasteiger partial charge in [-0.1, -0.05) is 17.7 Å². The van der Waals surface area contributed by atoms with E-state index in [-0.39, 0.29) is 23.7 Å². The topological polar surface area (TPSA) is 59.1 Å². The molecule has 2 unspecified atom stereocenters. The van der Waals surface area contributed by atoms with Gasteiger partial charge in [-0.15, -0.1) is 0 Å². The number of benzene rings is 2. The molecule has 0 radical (unpaired) electrons. The zero-order valence-corrected chi connectivity index (χ0v) is 18.3. The normalized spacial score (nSPS) is 18.2. The molecule has 0 aromatic heterocycles. The highest BCUT2D eigenvalue weighted by Gasteiger charge is 2.42. The van der Waals surface area contributed by atoms with Crippen LogP contribution in [0.25, 0.3) is 0 Å². The van der Waals surface area contributed by atoms with E-state index in [9.17, 15) is 9.59 Å². The van der Waals surface area contributed by atoms with Gasteiger partial charge in [-0.3, -0.25) is 9.59 Å². The van der Waals surface area contributed by atoms with Gasteiger partial charge in [0.2, 0.25) is 5.91 Å². The molecule has 2 atom stereocenters. The van der Waals surface area contributed by atoms with Gasteiger partial charge in [-0.25, -0.2) is 0 Å². The summed E-state index contributed by atoms with van der Waals surface area (Å²) in [6.07, 6.45) is 0. The highest BCUT2D eigenvalue weighted by atomic mass is 16.5. The Balaban J connectivity index is 1.98. The predicted octanol–water partition coefficient (Wildman–Crippen LogP) is 3.35. The van der Waals surface area contributed by atoms with Crippen LogP contribution in [0.3, 0.4) is 0 Å². The van der Waals surface area contributed by atoms with Crippen LogP contribution in [0, 0.1) is 12.8 Å². The summed E-state index contributed by atoms with van der Waals surface area (Å²) >= 11 is 0. The Morgan fingerprint density at radius 2 is 1.77 bits per heavy atom. The van der Waals surface area contributed by atoms with E-state index in [2.05, 4.69) is 0 Å². The van der Waals surface area contributed by atoms with E-state index in [0.717, 1.165) is 11.1 Å². The van der Waals surface area contributed by atoms with Crippen LogP contribution >= 0.6 is 0 Å². The predicted molar refractivity (Wildman–Crippen MR) is 116 cm³/mol. The van der Waals surface area contributed by atoms with Crippen molar-refractivity contribution in [2.45, 2.75) is 19.8 Å².